The van der Waals surface area contributed by atoms with E-state index in [-0.39, 0.29) is 17.4 Å². The summed E-state index contributed by atoms with van der Waals surface area (Å²) in [6, 6.07) is 18.5. The number of carbonyl (C=O) groups excluding carboxylic acids is 2. The number of hydrogen-bond donors (Lipinski definition) is 3. The molecule has 36 heavy (non-hydrogen) atoms. The molecule has 0 saturated carbocycles. The third-order valence-electron chi connectivity index (χ3n) is 5.90. The Morgan fingerprint density at radius 1 is 1.00 bits per heavy atom. The predicted molar refractivity (Wildman–Crippen MR) is 140 cm³/mol. The molecule has 0 saturated heterocycles. The van der Waals surface area contributed by atoms with Crippen molar-refractivity contribution >= 4 is 46.1 Å². The average molecular weight is 486 g/mol. The average Bonchev–Trinajstić information content (AvgIpc) is 3.21. The number of nitrogens with zero attached hydrogens (tertiary/aromatic N) is 3. The summed E-state index contributed by atoms with van der Waals surface area (Å²) in [5.74, 6) is -1.42. The van der Waals surface area contributed by atoms with Gasteiger partial charge in [0.2, 0.25) is 5.91 Å². The maximum atomic E-state index is 13.0. The molecule has 2 amide bonds. The number of aromatic carboxylic acids is 1. The lowest BCUT2D eigenvalue weighted by Crippen LogP contribution is -2.27. The fourth-order valence-electron chi connectivity index (χ4n) is 3.84. The fraction of sp³-hybridized carbons (Fsp3) is 0.185. The van der Waals surface area contributed by atoms with Gasteiger partial charge in [-0.05, 0) is 35.9 Å². The van der Waals surface area contributed by atoms with E-state index in [1.807, 2.05) is 66.5 Å². The summed E-state index contributed by atoms with van der Waals surface area (Å²) in [5.41, 5.74) is 4.11. The quantitative estimate of drug-likeness (QED) is 0.418. The highest BCUT2D eigenvalue weighted by Gasteiger charge is 2.30. The molecule has 1 aliphatic heterocycles. The van der Waals surface area contributed by atoms with Crippen LogP contribution in [0.2, 0.25) is 0 Å². The van der Waals surface area contributed by atoms with Gasteiger partial charge < -0.3 is 25.5 Å². The zero-order valence-corrected chi connectivity index (χ0v) is 20.3. The zero-order valence-electron chi connectivity index (χ0n) is 20.3. The van der Waals surface area contributed by atoms with Crippen LogP contribution in [0.5, 0.6) is 0 Å². The van der Waals surface area contributed by atoms with Crippen molar-refractivity contribution in [3.05, 3.63) is 83.7 Å². The summed E-state index contributed by atoms with van der Waals surface area (Å²) >= 11 is 0. The van der Waals surface area contributed by atoms with Gasteiger partial charge in [0.1, 0.15) is 5.69 Å². The molecule has 1 aliphatic rings. The van der Waals surface area contributed by atoms with Gasteiger partial charge in [-0.15, -0.1) is 0 Å². The van der Waals surface area contributed by atoms with Gasteiger partial charge in [-0.2, -0.15) is 0 Å². The molecule has 0 atom stereocenters. The van der Waals surface area contributed by atoms with Crippen LogP contribution in [0.25, 0.3) is 11.3 Å². The van der Waals surface area contributed by atoms with Crippen molar-refractivity contribution in [3.63, 3.8) is 0 Å². The van der Waals surface area contributed by atoms with Crippen LogP contribution in [0.15, 0.2) is 66.9 Å². The Morgan fingerprint density at radius 3 is 2.33 bits per heavy atom. The molecular weight excluding hydrogens is 458 g/mol. The van der Waals surface area contributed by atoms with Gasteiger partial charge >= 0.3 is 5.97 Å². The number of pyridine rings is 1. The zero-order chi connectivity index (χ0) is 25.8. The maximum absolute atomic E-state index is 13.0. The smallest absolute Gasteiger partial charge is 0.337 e. The first-order chi connectivity index (χ1) is 17.2. The number of fused-ring (bicyclic) bond motifs is 1. The van der Waals surface area contributed by atoms with Crippen molar-refractivity contribution in [2.24, 2.45) is 0 Å². The highest BCUT2D eigenvalue weighted by atomic mass is 16.4. The maximum Gasteiger partial charge on any atom is 0.337 e. The van der Waals surface area contributed by atoms with Crippen LogP contribution < -0.4 is 15.5 Å². The molecule has 3 aromatic rings. The Hall–Kier alpha value is -4.66. The van der Waals surface area contributed by atoms with E-state index in [0.717, 1.165) is 16.9 Å². The van der Waals surface area contributed by atoms with Crippen molar-refractivity contribution < 1.29 is 19.5 Å². The van der Waals surface area contributed by atoms with Crippen molar-refractivity contribution in [1.82, 2.24) is 9.88 Å². The monoisotopic (exact) mass is 485 g/mol. The van der Waals surface area contributed by atoms with Gasteiger partial charge in [-0.3, -0.25) is 14.6 Å². The van der Waals surface area contributed by atoms with E-state index in [1.165, 1.54) is 12.3 Å². The van der Waals surface area contributed by atoms with Crippen LogP contribution in [0.1, 0.15) is 28.0 Å². The highest BCUT2D eigenvalue weighted by Crippen LogP contribution is 2.36. The number of aromatic nitrogens is 1. The molecule has 0 radical (unpaired) electrons. The third-order valence-corrected chi connectivity index (χ3v) is 5.90. The third kappa shape index (κ3) is 5.20. The summed E-state index contributed by atoms with van der Waals surface area (Å²) < 4.78 is 0. The first kappa shape index (κ1) is 24.5. The largest absolute Gasteiger partial charge is 0.478 e. The first-order valence-corrected chi connectivity index (χ1v) is 11.4. The topological polar surface area (TPSA) is 115 Å². The molecule has 0 spiro atoms. The van der Waals surface area contributed by atoms with Crippen LogP contribution in [0.3, 0.4) is 0 Å². The molecule has 0 aliphatic carbocycles. The number of benzene rings is 2. The minimum absolute atomic E-state index is 0.00323. The minimum Gasteiger partial charge on any atom is -0.478 e. The summed E-state index contributed by atoms with van der Waals surface area (Å²) in [7, 11) is 5.41. The van der Waals surface area contributed by atoms with Crippen LogP contribution >= 0.6 is 0 Å². The molecule has 9 nitrogen and oxygen atoms in total. The molecular formula is C27H27N5O4. The fourth-order valence-corrected chi connectivity index (χ4v) is 3.84. The molecule has 0 bridgehead atoms. The Balaban J connectivity index is 1.65. The SMILES string of the molecule is CN(C)C(=O)CCN(C)c1ccc(NC(=C2C(=O)Nc3cc(C(=O)O)cnc32)c2ccccc2)cc1. The van der Waals surface area contributed by atoms with Crippen molar-refractivity contribution in [2.75, 3.05) is 43.2 Å². The molecule has 2 aromatic carbocycles. The number of carboxylic acid groups (broad SMARTS) is 1. The number of rotatable bonds is 8. The van der Waals surface area contributed by atoms with E-state index in [9.17, 15) is 19.5 Å². The van der Waals surface area contributed by atoms with E-state index in [1.54, 1.807) is 19.0 Å². The highest BCUT2D eigenvalue weighted by molar-refractivity contribution is 6.37. The van der Waals surface area contributed by atoms with E-state index in [0.29, 0.717) is 35.6 Å². The summed E-state index contributed by atoms with van der Waals surface area (Å²) in [6.45, 7) is 0.587. The predicted octanol–water partition coefficient (Wildman–Crippen LogP) is 3.63. The Morgan fingerprint density at radius 2 is 1.69 bits per heavy atom. The summed E-state index contributed by atoms with van der Waals surface area (Å²) in [6.07, 6.45) is 1.66. The van der Waals surface area contributed by atoms with Crippen molar-refractivity contribution in [2.45, 2.75) is 6.42 Å². The number of carbonyl (C=O) groups is 3. The molecule has 0 unspecified atom stereocenters. The normalized spacial score (nSPS) is 13.5. The van der Waals surface area contributed by atoms with E-state index < -0.39 is 5.97 Å². The van der Waals surface area contributed by atoms with E-state index >= 15 is 0 Å². The van der Waals surface area contributed by atoms with Crippen molar-refractivity contribution in [3.8, 4) is 0 Å². The Kier molecular flexibility index (Phi) is 7.00. The lowest BCUT2D eigenvalue weighted by Gasteiger charge is -2.21. The number of hydrogen-bond acceptors (Lipinski definition) is 6. The molecule has 9 heteroatoms. The van der Waals surface area contributed by atoms with Gasteiger partial charge in [-0.1, -0.05) is 30.3 Å². The van der Waals surface area contributed by atoms with E-state index in [2.05, 4.69) is 15.6 Å². The van der Waals surface area contributed by atoms with Gasteiger partial charge in [0.15, 0.2) is 0 Å². The number of nitrogens with one attached hydrogen (secondary N) is 2. The molecule has 2 heterocycles. The van der Waals surface area contributed by atoms with E-state index in [4.69, 9.17) is 0 Å². The lowest BCUT2D eigenvalue weighted by molar-refractivity contribution is -0.128. The molecule has 0 fully saturated rings. The number of carboxylic acids is 1. The van der Waals surface area contributed by atoms with Crippen LogP contribution in [-0.4, -0.2) is 60.5 Å². The van der Waals surface area contributed by atoms with Crippen LogP contribution in [0.4, 0.5) is 17.1 Å². The number of amides is 2. The molecule has 1 aromatic heterocycles. The van der Waals surface area contributed by atoms with Crippen molar-refractivity contribution in [1.29, 1.82) is 0 Å². The van der Waals surface area contributed by atoms with Gasteiger partial charge in [0.25, 0.3) is 5.91 Å². The second-order valence-electron chi connectivity index (χ2n) is 8.63. The summed E-state index contributed by atoms with van der Waals surface area (Å²) in [5, 5.41) is 15.4. The van der Waals surface area contributed by atoms with Gasteiger partial charge in [-0.25, -0.2) is 4.79 Å². The first-order valence-electron chi connectivity index (χ1n) is 11.4. The molecule has 4 rings (SSSR count). The Labute approximate surface area is 209 Å². The van der Waals surface area contributed by atoms with Crippen LogP contribution in [-0.2, 0) is 9.59 Å². The minimum atomic E-state index is -1.12. The van der Waals surface area contributed by atoms with Gasteiger partial charge in [0, 0.05) is 51.7 Å². The second-order valence-corrected chi connectivity index (χ2v) is 8.63. The molecule has 184 valence electrons. The standard InChI is InChI=1S/C27H27N5O4/c1-31(2)22(33)13-14-32(3)20-11-9-19(10-12-20)29-24(17-7-5-4-6-8-17)23-25-21(30-26(23)34)15-18(16-28-25)27(35)36/h4-12,15-16,29H,13-14H2,1-3H3,(H,30,34)(H,35,36). The van der Waals surface area contributed by atoms with Crippen LogP contribution in [0, 0.1) is 0 Å². The van der Waals surface area contributed by atoms with Gasteiger partial charge in [0.05, 0.1) is 22.5 Å². The Bertz CT molecular complexity index is 1330. The second kappa shape index (κ2) is 10.3. The lowest BCUT2D eigenvalue weighted by atomic mass is 10.0. The molecule has 3 N–H and O–H groups in total. The summed E-state index contributed by atoms with van der Waals surface area (Å²) in [4.78, 5) is 44.1. The number of anilines is 3.